The first-order valence-corrected chi connectivity index (χ1v) is 4.98. The lowest BCUT2D eigenvalue weighted by Crippen LogP contribution is -2.13. The molecule has 0 aliphatic heterocycles. The van der Waals surface area contributed by atoms with Gasteiger partial charge in [0.1, 0.15) is 0 Å². The number of rotatable bonds is 3. The van der Waals surface area contributed by atoms with Crippen molar-refractivity contribution in [2.75, 3.05) is 5.32 Å². The summed E-state index contributed by atoms with van der Waals surface area (Å²) in [6.07, 6.45) is 0.594. The number of benzene rings is 1. The Balaban J connectivity index is 3.54. The molecule has 0 aromatic heterocycles. The smallest absolute Gasteiger partial charge is 0.336 e. The van der Waals surface area contributed by atoms with Crippen LogP contribution in [0.1, 0.15) is 38.8 Å². The van der Waals surface area contributed by atoms with Crippen LogP contribution in [-0.2, 0) is 4.79 Å². The number of anilines is 1. The molecular weight excluding hydrogens is 222 g/mol. The second-order valence-corrected chi connectivity index (χ2v) is 3.76. The molecule has 1 amide bonds. The highest BCUT2D eigenvalue weighted by molar-refractivity contribution is 6.01. The Morgan fingerprint density at radius 3 is 2.35 bits per heavy atom. The van der Waals surface area contributed by atoms with Gasteiger partial charge in [-0.3, -0.25) is 9.59 Å². The summed E-state index contributed by atoms with van der Waals surface area (Å²) in [6.45, 7) is 4.48. The molecule has 0 saturated heterocycles. The van der Waals surface area contributed by atoms with Crippen molar-refractivity contribution in [1.29, 1.82) is 0 Å². The molecule has 0 bridgehead atoms. The SMILES string of the molecule is CC(=O)Nc1c(C=O)cc(C)c(C(=O)O)c1C. The third-order valence-corrected chi connectivity index (χ3v) is 2.45. The summed E-state index contributed by atoms with van der Waals surface area (Å²) < 4.78 is 0. The molecule has 0 fully saturated rings. The van der Waals surface area contributed by atoms with Crippen molar-refractivity contribution in [3.63, 3.8) is 0 Å². The minimum absolute atomic E-state index is 0.111. The van der Waals surface area contributed by atoms with Crippen LogP contribution in [0.3, 0.4) is 0 Å². The Morgan fingerprint density at radius 1 is 1.35 bits per heavy atom. The van der Waals surface area contributed by atoms with Gasteiger partial charge in [0, 0.05) is 12.5 Å². The molecule has 1 rings (SSSR count). The summed E-state index contributed by atoms with van der Waals surface area (Å²) in [6, 6.07) is 1.45. The van der Waals surface area contributed by atoms with Crippen molar-refractivity contribution in [2.45, 2.75) is 20.8 Å². The predicted octanol–water partition coefficient (Wildman–Crippen LogP) is 1.77. The van der Waals surface area contributed by atoms with Crippen LogP contribution in [0.2, 0.25) is 0 Å². The third kappa shape index (κ3) is 2.50. The second-order valence-electron chi connectivity index (χ2n) is 3.76. The largest absolute Gasteiger partial charge is 0.478 e. The summed E-state index contributed by atoms with van der Waals surface area (Å²) in [7, 11) is 0. The van der Waals surface area contributed by atoms with Crippen LogP contribution in [0, 0.1) is 13.8 Å². The van der Waals surface area contributed by atoms with Gasteiger partial charge in [0.2, 0.25) is 5.91 Å². The number of hydrogen-bond acceptors (Lipinski definition) is 3. The minimum Gasteiger partial charge on any atom is -0.478 e. The van der Waals surface area contributed by atoms with Gasteiger partial charge in [-0.25, -0.2) is 4.79 Å². The number of carboxylic acid groups (broad SMARTS) is 1. The molecule has 1 aromatic rings. The van der Waals surface area contributed by atoms with Crippen molar-refractivity contribution < 1.29 is 19.5 Å². The third-order valence-electron chi connectivity index (χ3n) is 2.45. The monoisotopic (exact) mass is 235 g/mol. The molecule has 0 radical (unpaired) electrons. The first-order valence-electron chi connectivity index (χ1n) is 4.98. The minimum atomic E-state index is -1.08. The summed E-state index contributed by atoms with van der Waals surface area (Å²) in [5.41, 5.74) is 1.52. The molecule has 0 aliphatic carbocycles. The molecule has 1 aromatic carbocycles. The van der Waals surface area contributed by atoms with E-state index in [-0.39, 0.29) is 22.7 Å². The average Bonchev–Trinajstić information content (AvgIpc) is 2.20. The lowest BCUT2D eigenvalue weighted by Gasteiger charge is -2.14. The molecule has 0 unspecified atom stereocenters. The lowest BCUT2D eigenvalue weighted by atomic mass is 9.97. The molecule has 5 nitrogen and oxygen atoms in total. The van der Waals surface area contributed by atoms with Crippen LogP contribution >= 0.6 is 0 Å². The van der Waals surface area contributed by atoms with Crippen LogP contribution in [0.4, 0.5) is 5.69 Å². The number of carboxylic acids is 1. The van der Waals surface area contributed by atoms with E-state index in [1.165, 1.54) is 13.0 Å². The van der Waals surface area contributed by atoms with Gasteiger partial charge in [-0.1, -0.05) is 0 Å². The van der Waals surface area contributed by atoms with Gasteiger partial charge in [-0.05, 0) is 31.0 Å². The van der Waals surface area contributed by atoms with Gasteiger partial charge < -0.3 is 10.4 Å². The maximum absolute atomic E-state index is 11.1. The number of hydrogen-bond donors (Lipinski definition) is 2. The van der Waals surface area contributed by atoms with E-state index in [1.807, 2.05) is 0 Å². The van der Waals surface area contributed by atoms with E-state index in [0.717, 1.165) is 0 Å². The zero-order valence-corrected chi connectivity index (χ0v) is 9.83. The Morgan fingerprint density at radius 2 is 1.94 bits per heavy atom. The van der Waals surface area contributed by atoms with E-state index < -0.39 is 5.97 Å². The fraction of sp³-hybridized carbons (Fsp3) is 0.250. The second kappa shape index (κ2) is 4.78. The Labute approximate surface area is 98.4 Å². The van der Waals surface area contributed by atoms with Crippen LogP contribution in [-0.4, -0.2) is 23.3 Å². The molecule has 0 saturated carbocycles. The quantitative estimate of drug-likeness (QED) is 0.782. The first kappa shape index (κ1) is 12.9. The number of carbonyl (C=O) groups excluding carboxylic acids is 2. The number of aromatic carboxylic acids is 1. The summed E-state index contributed by atoms with van der Waals surface area (Å²) in [4.78, 5) is 33.0. The molecular formula is C12H13NO4. The fourth-order valence-corrected chi connectivity index (χ4v) is 1.78. The van der Waals surface area contributed by atoms with E-state index in [9.17, 15) is 14.4 Å². The molecule has 0 heterocycles. The molecule has 17 heavy (non-hydrogen) atoms. The van der Waals surface area contributed by atoms with Crippen molar-refractivity contribution in [1.82, 2.24) is 0 Å². The topological polar surface area (TPSA) is 83.5 Å². The number of carbonyl (C=O) groups is 3. The molecule has 2 N–H and O–H groups in total. The van der Waals surface area contributed by atoms with Gasteiger partial charge in [0.15, 0.2) is 6.29 Å². The standard InChI is InChI=1S/C12H13NO4/c1-6-4-9(5-14)11(13-8(3)15)7(2)10(6)12(16)17/h4-5H,1-3H3,(H,13,15)(H,16,17). The maximum atomic E-state index is 11.1. The predicted molar refractivity (Wildman–Crippen MR) is 62.6 cm³/mol. The normalized spacial score (nSPS) is 9.82. The summed E-state index contributed by atoms with van der Waals surface area (Å²) in [5, 5.41) is 11.5. The Kier molecular flexibility index (Phi) is 3.62. The Hall–Kier alpha value is -2.17. The molecule has 0 spiro atoms. The van der Waals surface area contributed by atoms with Crippen LogP contribution in [0.5, 0.6) is 0 Å². The van der Waals surface area contributed by atoms with Crippen molar-refractivity contribution in [2.24, 2.45) is 0 Å². The van der Waals surface area contributed by atoms with E-state index in [1.54, 1.807) is 13.8 Å². The molecule has 0 aliphatic rings. The average molecular weight is 235 g/mol. The highest BCUT2D eigenvalue weighted by Crippen LogP contribution is 2.26. The highest BCUT2D eigenvalue weighted by Gasteiger charge is 2.18. The van der Waals surface area contributed by atoms with Crippen LogP contribution in [0.25, 0.3) is 0 Å². The number of amides is 1. The zero-order chi connectivity index (χ0) is 13.2. The van der Waals surface area contributed by atoms with E-state index in [2.05, 4.69) is 5.32 Å². The van der Waals surface area contributed by atoms with E-state index in [4.69, 9.17) is 5.11 Å². The van der Waals surface area contributed by atoms with Crippen LogP contribution in [0.15, 0.2) is 6.07 Å². The number of nitrogens with one attached hydrogen (secondary N) is 1. The van der Waals surface area contributed by atoms with E-state index in [0.29, 0.717) is 17.4 Å². The molecule has 0 atom stereocenters. The number of aryl methyl sites for hydroxylation is 1. The number of aldehydes is 1. The highest BCUT2D eigenvalue weighted by atomic mass is 16.4. The lowest BCUT2D eigenvalue weighted by molar-refractivity contribution is -0.114. The van der Waals surface area contributed by atoms with Crippen molar-refractivity contribution >= 4 is 23.9 Å². The maximum Gasteiger partial charge on any atom is 0.336 e. The van der Waals surface area contributed by atoms with Gasteiger partial charge in [0.25, 0.3) is 0 Å². The summed E-state index contributed by atoms with van der Waals surface area (Å²) >= 11 is 0. The van der Waals surface area contributed by atoms with E-state index >= 15 is 0 Å². The van der Waals surface area contributed by atoms with Crippen molar-refractivity contribution in [3.8, 4) is 0 Å². The van der Waals surface area contributed by atoms with Crippen LogP contribution < -0.4 is 5.32 Å². The first-order chi connectivity index (χ1) is 7.88. The fourth-order valence-electron chi connectivity index (χ4n) is 1.78. The van der Waals surface area contributed by atoms with Gasteiger partial charge >= 0.3 is 5.97 Å². The molecule has 5 heteroatoms. The Bertz CT molecular complexity index is 506. The van der Waals surface area contributed by atoms with Gasteiger partial charge in [-0.2, -0.15) is 0 Å². The van der Waals surface area contributed by atoms with Crippen molar-refractivity contribution in [3.05, 3.63) is 28.3 Å². The molecule has 90 valence electrons. The van der Waals surface area contributed by atoms with Gasteiger partial charge in [-0.15, -0.1) is 0 Å². The van der Waals surface area contributed by atoms with Gasteiger partial charge in [0.05, 0.1) is 11.3 Å². The zero-order valence-electron chi connectivity index (χ0n) is 9.83. The summed E-state index contributed by atoms with van der Waals surface area (Å²) in [5.74, 6) is -1.43.